The number of likely N-dealkylation sites (N-methyl/N-ethyl adjacent to an activating group) is 1. The minimum absolute atomic E-state index is 0.266. The molecular formula is C19H23NO2. The molecule has 2 aromatic carbocycles. The van der Waals surface area contributed by atoms with Crippen molar-refractivity contribution in [1.29, 1.82) is 0 Å². The van der Waals surface area contributed by atoms with Crippen LogP contribution in [0.1, 0.15) is 17.5 Å². The standard InChI is InChI=1S/C19H23NO2/c1-20(2)19(15-21,14-17-6-4-3-5-7-17)13-12-16-8-10-18(22)11-9-16/h3-11,15,22H,12-14H2,1-2H3. The van der Waals surface area contributed by atoms with Crippen LogP contribution in [-0.4, -0.2) is 35.9 Å². The normalized spacial score (nSPS) is 13.8. The van der Waals surface area contributed by atoms with Gasteiger partial charge in [-0.3, -0.25) is 4.90 Å². The van der Waals surface area contributed by atoms with Gasteiger partial charge in [-0.15, -0.1) is 0 Å². The molecule has 2 rings (SSSR count). The maximum atomic E-state index is 11.9. The van der Waals surface area contributed by atoms with E-state index >= 15 is 0 Å². The van der Waals surface area contributed by atoms with Gasteiger partial charge in [0, 0.05) is 0 Å². The summed E-state index contributed by atoms with van der Waals surface area (Å²) in [5.74, 6) is 0.266. The summed E-state index contributed by atoms with van der Waals surface area (Å²) in [5.41, 5.74) is 1.77. The predicted octanol–water partition coefficient (Wildman–Crippen LogP) is 3.07. The van der Waals surface area contributed by atoms with Crippen molar-refractivity contribution in [3.05, 3.63) is 65.7 Å². The Kier molecular flexibility index (Phi) is 5.34. The van der Waals surface area contributed by atoms with Crippen molar-refractivity contribution in [3.63, 3.8) is 0 Å². The Morgan fingerprint density at radius 1 is 1.00 bits per heavy atom. The average molecular weight is 297 g/mol. The maximum absolute atomic E-state index is 11.9. The molecule has 0 aliphatic heterocycles. The molecule has 2 aromatic rings. The van der Waals surface area contributed by atoms with Crippen LogP contribution in [0.2, 0.25) is 0 Å². The highest BCUT2D eigenvalue weighted by atomic mass is 16.3. The molecule has 0 saturated carbocycles. The number of rotatable bonds is 7. The fraction of sp³-hybridized carbons (Fsp3) is 0.316. The van der Waals surface area contributed by atoms with E-state index in [0.717, 1.165) is 30.3 Å². The van der Waals surface area contributed by atoms with Gasteiger partial charge in [0.25, 0.3) is 0 Å². The highest BCUT2D eigenvalue weighted by molar-refractivity contribution is 5.65. The average Bonchev–Trinajstić information content (AvgIpc) is 2.53. The third-order valence-corrected chi connectivity index (χ3v) is 4.25. The smallest absolute Gasteiger partial charge is 0.140 e. The van der Waals surface area contributed by atoms with Crippen LogP contribution >= 0.6 is 0 Å². The van der Waals surface area contributed by atoms with E-state index < -0.39 is 5.54 Å². The van der Waals surface area contributed by atoms with Gasteiger partial charge in [0.2, 0.25) is 0 Å². The zero-order valence-electron chi connectivity index (χ0n) is 13.2. The summed E-state index contributed by atoms with van der Waals surface area (Å²) in [6.45, 7) is 0. The zero-order chi connectivity index (χ0) is 16.0. The van der Waals surface area contributed by atoms with Gasteiger partial charge in [0.1, 0.15) is 12.0 Å². The van der Waals surface area contributed by atoms with Gasteiger partial charge in [0.15, 0.2) is 0 Å². The Labute approximate surface area is 132 Å². The van der Waals surface area contributed by atoms with Crippen molar-refractivity contribution in [2.45, 2.75) is 24.8 Å². The van der Waals surface area contributed by atoms with Gasteiger partial charge >= 0.3 is 0 Å². The summed E-state index contributed by atoms with van der Waals surface area (Å²) < 4.78 is 0. The number of phenols is 1. The van der Waals surface area contributed by atoms with Crippen LogP contribution in [-0.2, 0) is 17.6 Å². The number of carbonyl (C=O) groups excluding carboxylic acids is 1. The van der Waals surface area contributed by atoms with Crippen molar-refractivity contribution in [3.8, 4) is 5.75 Å². The fourth-order valence-electron chi connectivity index (χ4n) is 2.65. The maximum Gasteiger partial charge on any atom is 0.140 e. The van der Waals surface area contributed by atoms with Crippen LogP contribution < -0.4 is 0 Å². The Morgan fingerprint density at radius 3 is 2.18 bits per heavy atom. The third-order valence-electron chi connectivity index (χ3n) is 4.25. The summed E-state index contributed by atoms with van der Waals surface area (Å²) >= 11 is 0. The molecule has 0 spiro atoms. The molecule has 3 nitrogen and oxygen atoms in total. The molecule has 1 atom stereocenters. The van der Waals surface area contributed by atoms with E-state index in [-0.39, 0.29) is 5.75 Å². The summed E-state index contributed by atoms with van der Waals surface area (Å²) in [5, 5.41) is 9.35. The molecule has 0 bridgehead atoms. The topological polar surface area (TPSA) is 40.5 Å². The second kappa shape index (κ2) is 7.23. The van der Waals surface area contributed by atoms with Crippen LogP contribution in [0, 0.1) is 0 Å². The first-order valence-electron chi connectivity index (χ1n) is 7.51. The van der Waals surface area contributed by atoms with Gasteiger partial charge in [-0.1, -0.05) is 42.5 Å². The van der Waals surface area contributed by atoms with Crippen LogP contribution in [0.5, 0.6) is 5.75 Å². The number of hydrogen-bond donors (Lipinski definition) is 1. The lowest BCUT2D eigenvalue weighted by atomic mass is 9.85. The number of nitrogens with zero attached hydrogens (tertiary/aromatic N) is 1. The molecule has 1 N–H and O–H groups in total. The van der Waals surface area contributed by atoms with Crippen LogP contribution in [0.25, 0.3) is 0 Å². The first-order valence-corrected chi connectivity index (χ1v) is 7.51. The molecule has 0 heterocycles. The van der Waals surface area contributed by atoms with Crippen LogP contribution in [0.3, 0.4) is 0 Å². The quantitative estimate of drug-likeness (QED) is 0.799. The van der Waals surface area contributed by atoms with E-state index in [1.54, 1.807) is 12.1 Å². The lowest BCUT2D eigenvalue weighted by Gasteiger charge is -2.35. The van der Waals surface area contributed by atoms with Crippen molar-refractivity contribution < 1.29 is 9.90 Å². The zero-order valence-corrected chi connectivity index (χ0v) is 13.2. The lowest BCUT2D eigenvalue weighted by molar-refractivity contribution is -0.117. The van der Waals surface area contributed by atoms with E-state index in [1.165, 1.54) is 0 Å². The van der Waals surface area contributed by atoms with Gasteiger partial charge in [-0.05, 0) is 56.6 Å². The molecule has 0 amide bonds. The van der Waals surface area contributed by atoms with Gasteiger partial charge in [-0.25, -0.2) is 0 Å². The number of hydrogen-bond acceptors (Lipinski definition) is 3. The molecule has 0 saturated heterocycles. The van der Waals surface area contributed by atoms with Crippen LogP contribution in [0.15, 0.2) is 54.6 Å². The largest absolute Gasteiger partial charge is 0.508 e. The molecule has 3 heteroatoms. The molecule has 0 aliphatic carbocycles. The molecular weight excluding hydrogens is 274 g/mol. The van der Waals surface area contributed by atoms with Gasteiger partial charge < -0.3 is 9.90 Å². The predicted molar refractivity (Wildman–Crippen MR) is 89.1 cm³/mol. The minimum atomic E-state index is -0.515. The second-order valence-electron chi connectivity index (χ2n) is 5.94. The Bertz CT molecular complexity index is 593. The molecule has 22 heavy (non-hydrogen) atoms. The van der Waals surface area contributed by atoms with Crippen molar-refractivity contribution in [1.82, 2.24) is 4.90 Å². The first-order chi connectivity index (χ1) is 10.6. The molecule has 116 valence electrons. The highest BCUT2D eigenvalue weighted by Crippen LogP contribution is 2.24. The van der Waals surface area contributed by atoms with E-state index in [4.69, 9.17) is 0 Å². The van der Waals surface area contributed by atoms with E-state index in [2.05, 4.69) is 12.1 Å². The van der Waals surface area contributed by atoms with Crippen molar-refractivity contribution in [2.75, 3.05) is 14.1 Å². The minimum Gasteiger partial charge on any atom is -0.508 e. The molecule has 0 aliphatic rings. The highest BCUT2D eigenvalue weighted by Gasteiger charge is 2.32. The third kappa shape index (κ3) is 3.95. The summed E-state index contributed by atoms with van der Waals surface area (Å²) in [6.07, 6.45) is 3.30. The van der Waals surface area contributed by atoms with Gasteiger partial charge in [0.05, 0.1) is 5.54 Å². The number of benzene rings is 2. The van der Waals surface area contributed by atoms with Crippen molar-refractivity contribution in [2.24, 2.45) is 0 Å². The Balaban J connectivity index is 2.14. The Morgan fingerprint density at radius 2 is 1.64 bits per heavy atom. The SMILES string of the molecule is CN(C)C(C=O)(CCc1ccc(O)cc1)Cc1ccccc1. The monoisotopic (exact) mass is 297 g/mol. The number of phenolic OH excluding ortho intramolecular Hbond substituents is 1. The lowest BCUT2D eigenvalue weighted by Crippen LogP contribution is -2.48. The number of aryl methyl sites for hydroxylation is 1. The molecule has 0 fully saturated rings. The first kappa shape index (κ1) is 16.2. The molecule has 0 aromatic heterocycles. The number of aromatic hydroxyl groups is 1. The summed E-state index contributed by atoms with van der Waals surface area (Å²) in [7, 11) is 3.91. The van der Waals surface area contributed by atoms with Crippen LogP contribution in [0.4, 0.5) is 0 Å². The van der Waals surface area contributed by atoms with Crippen molar-refractivity contribution >= 4 is 6.29 Å². The van der Waals surface area contributed by atoms with E-state index in [1.807, 2.05) is 49.3 Å². The van der Waals surface area contributed by atoms with Gasteiger partial charge in [-0.2, -0.15) is 0 Å². The molecule has 0 radical (unpaired) electrons. The second-order valence-corrected chi connectivity index (χ2v) is 5.94. The Hall–Kier alpha value is -2.13. The van der Waals surface area contributed by atoms with E-state index in [0.29, 0.717) is 6.42 Å². The number of carbonyl (C=O) groups is 1. The summed E-state index contributed by atoms with van der Waals surface area (Å²) in [4.78, 5) is 13.9. The summed E-state index contributed by atoms with van der Waals surface area (Å²) in [6, 6.07) is 17.3. The fourth-order valence-corrected chi connectivity index (χ4v) is 2.65. The van der Waals surface area contributed by atoms with E-state index in [9.17, 15) is 9.90 Å². The molecule has 1 unspecified atom stereocenters. The number of aldehydes is 1.